The minimum absolute atomic E-state index is 0.0598. The maximum Gasteiger partial charge on any atom is 0.244 e. The highest BCUT2D eigenvalue weighted by molar-refractivity contribution is 6.30. The van der Waals surface area contributed by atoms with E-state index in [1.165, 1.54) is 5.56 Å². The van der Waals surface area contributed by atoms with Crippen LogP contribution in [-0.4, -0.2) is 21.7 Å². The van der Waals surface area contributed by atoms with Gasteiger partial charge in [-0.2, -0.15) is 5.10 Å². The van der Waals surface area contributed by atoms with Gasteiger partial charge in [0.2, 0.25) is 5.91 Å². The van der Waals surface area contributed by atoms with E-state index in [0.717, 1.165) is 29.7 Å². The molecule has 1 aromatic heterocycles. The van der Waals surface area contributed by atoms with Crippen LogP contribution in [0.4, 0.5) is 0 Å². The van der Waals surface area contributed by atoms with Crippen LogP contribution in [0, 0.1) is 0 Å². The molecule has 0 spiro atoms. The summed E-state index contributed by atoms with van der Waals surface area (Å²) in [5.74, 6) is -0.0598. The van der Waals surface area contributed by atoms with Crippen LogP contribution in [0.5, 0.6) is 0 Å². The topological polar surface area (TPSA) is 46.9 Å². The lowest BCUT2D eigenvalue weighted by Crippen LogP contribution is -2.22. The number of aromatic nitrogens is 2. The second-order valence-corrected chi connectivity index (χ2v) is 7.18. The molecule has 0 radical (unpaired) electrons. The maximum atomic E-state index is 12.0. The van der Waals surface area contributed by atoms with Crippen LogP contribution in [0.15, 0.2) is 66.9 Å². The number of hydrogen-bond acceptors (Lipinski definition) is 2. The van der Waals surface area contributed by atoms with Crippen molar-refractivity contribution in [1.82, 2.24) is 15.1 Å². The Morgan fingerprint density at radius 2 is 1.89 bits per heavy atom. The average Bonchev–Trinajstić information content (AvgIpc) is 3.40. The molecule has 1 heterocycles. The maximum absolute atomic E-state index is 12.0. The molecule has 0 atom stereocenters. The van der Waals surface area contributed by atoms with Gasteiger partial charge >= 0.3 is 0 Å². The van der Waals surface area contributed by atoms with Crippen LogP contribution in [-0.2, 0) is 11.3 Å². The quantitative estimate of drug-likeness (QED) is 0.641. The monoisotopic (exact) mass is 377 g/mol. The number of hydrogen-bond donors (Lipinski definition) is 1. The fourth-order valence-electron chi connectivity index (χ4n) is 2.88. The third kappa shape index (κ3) is 4.66. The Morgan fingerprint density at radius 1 is 1.15 bits per heavy atom. The summed E-state index contributed by atoms with van der Waals surface area (Å²) < 4.78 is 1.90. The molecule has 0 aliphatic heterocycles. The fraction of sp³-hybridized carbons (Fsp3) is 0.182. The summed E-state index contributed by atoms with van der Waals surface area (Å²) in [4.78, 5) is 12.0. The first-order valence-corrected chi connectivity index (χ1v) is 9.41. The summed E-state index contributed by atoms with van der Waals surface area (Å²) in [6.07, 6.45) is 7.53. The normalized spacial score (nSPS) is 13.8. The summed E-state index contributed by atoms with van der Waals surface area (Å²) in [5.41, 5.74) is 3.87. The molecule has 3 aromatic rings. The number of carbonyl (C=O) groups is 1. The molecule has 1 amide bonds. The Morgan fingerprint density at radius 3 is 2.59 bits per heavy atom. The highest BCUT2D eigenvalue weighted by atomic mass is 35.5. The molecule has 4 rings (SSSR count). The summed E-state index contributed by atoms with van der Waals surface area (Å²) in [6, 6.07) is 18.1. The number of nitrogens with one attached hydrogen (secondary N) is 1. The van der Waals surface area contributed by atoms with Crippen molar-refractivity contribution in [1.29, 1.82) is 0 Å². The molecule has 0 bridgehead atoms. The molecule has 0 unspecified atom stereocenters. The Labute approximate surface area is 163 Å². The number of halogens is 1. The highest BCUT2D eigenvalue weighted by Crippen LogP contribution is 2.25. The first-order valence-electron chi connectivity index (χ1n) is 9.03. The van der Waals surface area contributed by atoms with Gasteiger partial charge in [-0.3, -0.25) is 9.48 Å². The minimum atomic E-state index is -0.0598. The van der Waals surface area contributed by atoms with Gasteiger partial charge in [0.25, 0.3) is 0 Å². The molecule has 1 saturated carbocycles. The van der Waals surface area contributed by atoms with E-state index in [1.54, 1.807) is 6.08 Å². The molecular formula is C22H20ClN3O. The van der Waals surface area contributed by atoms with Crippen molar-refractivity contribution in [3.63, 3.8) is 0 Å². The Balaban J connectivity index is 1.62. The van der Waals surface area contributed by atoms with Gasteiger partial charge in [0, 0.05) is 34.5 Å². The average molecular weight is 378 g/mol. The van der Waals surface area contributed by atoms with Gasteiger partial charge in [-0.1, -0.05) is 54.1 Å². The first kappa shape index (κ1) is 17.6. The summed E-state index contributed by atoms with van der Waals surface area (Å²) >= 11 is 6.02. The van der Waals surface area contributed by atoms with Crippen molar-refractivity contribution in [2.75, 3.05) is 0 Å². The van der Waals surface area contributed by atoms with E-state index in [4.69, 9.17) is 16.7 Å². The second kappa shape index (κ2) is 7.80. The lowest BCUT2D eigenvalue weighted by atomic mass is 10.1. The van der Waals surface area contributed by atoms with Crippen LogP contribution in [0.1, 0.15) is 24.0 Å². The number of amides is 1. The molecule has 27 heavy (non-hydrogen) atoms. The molecular weight excluding hydrogens is 358 g/mol. The Hall–Kier alpha value is -2.85. The smallest absolute Gasteiger partial charge is 0.244 e. The van der Waals surface area contributed by atoms with Crippen molar-refractivity contribution in [2.24, 2.45) is 0 Å². The van der Waals surface area contributed by atoms with Gasteiger partial charge in [0.05, 0.1) is 12.2 Å². The lowest BCUT2D eigenvalue weighted by molar-refractivity contribution is -0.116. The Bertz CT molecular complexity index is 957. The fourth-order valence-corrected chi connectivity index (χ4v) is 3.01. The minimum Gasteiger partial charge on any atom is -0.350 e. The van der Waals surface area contributed by atoms with E-state index >= 15 is 0 Å². The van der Waals surface area contributed by atoms with Gasteiger partial charge in [0.15, 0.2) is 0 Å². The summed E-state index contributed by atoms with van der Waals surface area (Å²) in [7, 11) is 0. The van der Waals surface area contributed by atoms with Crippen molar-refractivity contribution >= 4 is 23.6 Å². The van der Waals surface area contributed by atoms with E-state index in [-0.39, 0.29) is 5.91 Å². The molecule has 136 valence electrons. The van der Waals surface area contributed by atoms with Gasteiger partial charge in [-0.05, 0) is 36.6 Å². The van der Waals surface area contributed by atoms with E-state index in [2.05, 4.69) is 17.4 Å². The lowest BCUT2D eigenvalue weighted by Gasteiger charge is -2.01. The number of carbonyl (C=O) groups excluding carboxylic acids is 1. The van der Waals surface area contributed by atoms with Crippen molar-refractivity contribution in [3.8, 4) is 11.3 Å². The van der Waals surface area contributed by atoms with Crippen molar-refractivity contribution in [3.05, 3.63) is 83.0 Å². The van der Waals surface area contributed by atoms with Crippen LogP contribution in [0.3, 0.4) is 0 Å². The summed E-state index contributed by atoms with van der Waals surface area (Å²) in [5, 5.41) is 8.40. The number of benzene rings is 2. The SMILES string of the molecule is O=C(/C=C/c1cn(Cc2ccccc2)nc1-c1ccc(Cl)cc1)NC1CC1. The standard InChI is InChI=1S/C22H20ClN3O/c23-19-9-6-17(7-10-19)22-18(8-13-21(27)24-20-11-12-20)15-26(25-22)14-16-4-2-1-3-5-16/h1-10,13,15,20H,11-12,14H2,(H,24,27)/b13-8+. The largest absolute Gasteiger partial charge is 0.350 e. The third-order valence-corrected chi connectivity index (χ3v) is 4.69. The van der Waals surface area contributed by atoms with Crippen molar-refractivity contribution < 1.29 is 4.79 Å². The first-order chi connectivity index (χ1) is 13.2. The van der Waals surface area contributed by atoms with E-state index in [9.17, 15) is 4.79 Å². The van der Waals surface area contributed by atoms with E-state index < -0.39 is 0 Å². The number of rotatable bonds is 6. The molecule has 2 aromatic carbocycles. The highest BCUT2D eigenvalue weighted by Gasteiger charge is 2.22. The zero-order valence-corrected chi connectivity index (χ0v) is 15.6. The van der Waals surface area contributed by atoms with Gasteiger partial charge in [-0.25, -0.2) is 0 Å². The van der Waals surface area contributed by atoms with E-state index in [1.807, 2.05) is 59.4 Å². The molecule has 0 saturated heterocycles. The van der Waals surface area contributed by atoms with E-state index in [0.29, 0.717) is 17.6 Å². The molecule has 1 fully saturated rings. The predicted molar refractivity (Wildman–Crippen MR) is 108 cm³/mol. The predicted octanol–water partition coefficient (Wildman–Crippen LogP) is 4.54. The molecule has 4 nitrogen and oxygen atoms in total. The zero-order valence-electron chi connectivity index (χ0n) is 14.8. The van der Waals surface area contributed by atoms with Gasteiger partial charge in [0.1, 0.15) is 0 Å². The second-order valence-electron chi connectivity index (χ2n) is 6.74. The zero-order chi connectivity index (χ0) is 18.6. The van der Waals surface area contributed by atoms with Crippen LogP contribution >= 0.6 is 11.6 Å². The molecule has 1 aliphatic carbocycles. The summed E-state index contributed by atoms with van der Waals surface area (Å²) in [6.45, 7) is 0.670. The van der Waals surface area contributed by atoms with Crippen molar-refractivity contribution in [2.45, 2.75) is 25.4 Å². The van der Waals surface area contributed by atoms with Gasteiger partial charge < -0.3 is 5.32 Å². The number of nitrogens with zero attached hydrogens (tertiary/aromatic N) is 2. The molecule has 5 heteroatoms. The van der Waals surface area contributed by atoms with Crippen LogP contribution in [0.25, 0.3) is 17.3 Å². The van der Waals surface area contributed by atoms with Gasteiger partial charge in [-0.15, -0.1) is 0 Å². The molecule has 1 aliphatic rings. The molecule has 1 N–H and O–H groups in total. The van der Waals surface area contributed by atoms with Crippen LogP contribution < -0.4 is 5.32 Å². The third-order valence-electron chi connectivity index (χ3n) is 4.43. The van der Waals surface area contributed by atoms with Crippen LogP contribution in [0.2, 0.25) is 5.02 Å². The Kier molecular flexibility index (Phi) is 5.07.